The van der Waals surface area contributed by atoms with Crippen LogP contribution in [0.2, 0.25) is 0 Å². The molecule has 1 saturated heterocycles. The van der Waals surface area contributed by atoms with Crippen molar-refractivity contribution < 1.29 is 9.90 Å². The van der Waals surface area contributed by atoms with Crippen molar-refractivity contribution in [3.63, 3.8) is 0 Å². The molecule has 1 aromatic rings. The maximum absolute atomic E-state index is 11.5. The predicted octanol–water partition coefficient (Wildman–Crippen LogP) is 1.89. The third-order valence-corrected chi connectivity index (χ3v) is 4.55. The first-order valence-corrected chi connectivity index (χ1v) is 7.40. The second-order valence-corrected chi connectivity index (χ2v) is 5.97. The van der Waals surface area contributed by atoms with Gasteiger partial charge in [-0.15, -0.1) is 0 Å². The summed E-state index contributed by atoms with van der Waals surface area (Å²) in [6.45, 7) is 5.37. The van der Waals surface area contributed by atoms with Crippen LogP contribution in [-0.4, -0.2) is 34.1 Å². The third kappa shape index (κ3) is 2.37. The molecule has 0 amide bonds. The Kier molecular flexibility index (Phi) is 3.36. The molecule has 0 unspecified atom stereocenters. The molecule has 5 heteroatoms. The summed E-state index contributed by atoms with van der Waals surface area (Å²) in [5.41, 5.74) is 1.11. The van der Waals surface area contributed by atoms with Crippen LogP contribution in [0.25, 0.3) is 0 Å². The molecule has 1 aliphatic carbocycles. The summed E-state index contributed by atoms with van der Waals surface area (Å²) < 4.78 is 0. The van der Waals surface area contributed by atoms with Gasteiger partial charge >= 0.3 is 5.97 Å². The summed E-state index contributed by atoms with van der Waals surface area (Å²) in [6, 6.07) is 0. The maximum Gasteiger partial charge on any atom is 0.308 e. The Morgan fingerprint density at radius 1 is 1.45 bits per heavy atom. The molecule has 0 bridgehead atoms. The van der Waals surface area contributed by atoms with Gasteiger partial charge in [-0.3, -0.25) is 4.79 Å². The SMILES string of the molecule is CCc1cnc(C)nc1N1C[C@H](C(=O)O)[C@@H](C2CC2)C1. The van der Waals surface area contributed by atoms with E-state index in [0.29, 0.717) is 12.5 Å². The van der Waals surface area contributed by atoms with Gasteiger partial charge in [0.05, 0.1) is 5.92 Å². The van der Waals surface area contributed by atoms with Gasteiger partial charge in [-0.05, 0) is 38.0 Å². The average molecular weight is 275 g/mol. The van der Waals surface area contributed by atoms with Gasteiger partial charge in [-0.1, -0.05) is 6.92 Å². The van der Waals surface area contributed by atoms with Crippen molar-refractivity contribution >= 4 is 11.8 Å². The molecule has 3 rings (SSSR count). The Morgan fingerprint density at radius 2 is 2.20 bits per heavy atom. The van der Waals surface area contributed by atoms with Crippen molar-refractivity contribution in [2.75, 3.05) is 18.0 Å². The lowest BCUT2D eigenvalue weighted by atomic mass is 9.92. The summed E-state index contributed by atoms with van der Waals surface area (Å²) >= 11 is 0. The van der Waals surface area contributed by atoms with Crippen LogP contribution in [0.4, 0.5) is 5.82 Å². The molecule has 1 aromatic heterocycles. The fraction of sp³-hybridized carbons (Fsp3) is 0.667. The van der Waals surface area contributed by atoms with Gasteiger partial charge in [-0.25, -0.2) is 9.97 Å². The Hall–Kier alpha value is -1.65. The number of nitrogens with zero attached hydrogens (tertiary/aromatic N) is 3. The molecular weight excluding hydrogens is 254 g/mol. The van der Waals surface area contributed by atoms with Gasteiger partial charge in [0.15, 0.2) is 0 Å². The number of aromatic nitrogens is 2. The van der Waals surface area contributed by atoms with Crippen molar-refractivity contribution in [3.05, 3.63) is 17.6 Å². The third-order valence-electron chi connectivity index (χ3n) is 4.55. The number of anilines is 1. The van der Waals surface area contributed by atoms with Gasteiger partial charge in [-0.2, -0.15) is 0 Å². The first-order chi connectivity index (χ1) is 9.60. The molecule has 0 spiro atoms. The normalized spacial score (nSPS) is 26.0. The van der Waals surface area contributed by atoms with Crippen LogP contribution in [0.15, 0.2) is 6.20 Å². The van der Waals surface area contributed by atoms with E-state index < -0.39 is 5.97 Å². The van der Waals surface area contributed by atoms with E-state index in [9.17, 15) is 9.90 Å². The lowest BCUT2D eigenvalue weighted by Crippen LogP contribution is -2.25. The van der Waals surface area contributed by atoms with E-state index in [1.54, 1.807) is 0 Å². The largest absolute Gasteiger partial charge is 0.481 e. The van der Waals surface area contributed by atoms with E-state index in [0.717, 1.165) is 30.2 Å². The zero-order chi connectivity index (χ0) is 14.3. The van der Waals surface area contributed by atoms with Crippen molar-refractivity contribution in [1.82, 2.24) is 9.97 Å². The van der Waals surface area contributed by atoms with E-state index in [1.807, 2.05) is 13.1 Å². The Labute approximate surface area is 119 Å². The zero-order valence-corrected chi connectivity index (χ0v) is 12.0. The molecule has 1 aliphatic heterocycles. The van der Waals surface area contributed by atoms with Gasteiger partial charge in [0, 0.05) is 24.8 Å². The topological polar surface area (TPSA) is 66.3 Å². The minimum absolute atomic E-state index is 0.248. The van der Waals surface area contributed by atoms with Crippen molar-refractivity contribution in [3.8, 4) is 0 Å². The van der Waals surface area contributed by atoms with Gasteiger partial charge in [0.1, 0.15) is 11.6 Å². The highest BCUT2D eigenvalue weighted by atomic mass is 16.4. The van der Waals surface area contributed by atoms with Crippen LogP contribution < -0.4 is 4.90 Å². The number of aliphatic carboxylic acids is 1. The van der Waals surface area contributed by atoms with Crippen molar-refractivity contribution in [1.29, 1.82) is 0 Å². The standard InChI is InChI=1S/C15H21N3O2/c1-3-10-6-16-9(2)17-14(10)18-7-12(11-4-5-11)13(8-18)15(19)20/h6,11-13H,3-5,7-8H2,1-2H3,(H,19,20)/t12-,13+/m1/s1. The summed E-state index contributed by atoms with van der Waals surface area (Å²) in [5, 5.41) is 9.45. The molecule has 0 radical (unpaired) electrons. The number of carbonyl (C=O) groups is 1. The molecular formula is C15H21N3O2. The second-order valence-electron chi connectivity index (χ2n) is 5.97. The molecule has 5 nitrogen and oxygen atoms in total. The number of hydrogen-bond acceptors (Lipinski definition) is 4. The Bertz CT molecular complexity index is 528. The minimum Gasteiger partial charge on any atom is -0.481 e. The molecule has 0 aromatic carbocycles. The quantitative estimate of drug-likeness (QED) is 0.909. The molecule has 20 heavy (non-hydrogen) atoms. The molecule has 108 valence electrons. The molecule has 2 atom stereocenters. The second kappa shape index (κ2) is 5.04. The van der Waals surface area contributed by atoms with Crippen molar-refractivity contribution in [2.24, 2.45) is 17.8 Å². The van der Waals surface area contributed by atoms with E-state index >= 15 is 0 Å². The lowest BCUT2D eigenvalue weighted by Gasteiger charge is -2.20. The van der Waals surface area contributed by atoms with E-state index in [-0.39, 0.29) is 11.8 Å². The zero-order valence-electron chi connectivity index (χ0n) is 12.0. The minimum atomic E-state index is -0.659. The molecule has 2 fully saturated rings. The molecule has 2 heterocycles. The maximum atomic E-state index is 11.5. The number of aryl methyl sites for hydroxylation is 2. The highest BCUT2D eigenvalue weighted by Crippen LogP contribution is 2.45. The molecule has 2 aliphatic rings. The Balaban J connectivity index is 1.88. The fourth-order valence-electron chi connectivity index (χ4n) is 3.27. The number of hydrogen-bond donors (Lipinski definition) is 1. The van der Waals surface area contributed by atoms with E-state index in [1.165, 1.54) is 12.8 Å². The highest BCUT2D eigenvalue weighted by Gasteiger charge is 2.46. The summed E-state index contributed by atoms with van der Waals surface area (Å²) in [7, 11) is 0. The fourth-order valence-corrected chi connectivity index (χ4v) is 3.27. The number of rotatable bonds is 4. The molecule has 1 N–H and O–H groups in total. The van der Waals surface area contributed by atoms with Crippen LogP contribution in [-0.2, 0) is 11.2 Å². The van der Waals surface area contributed by atoms with Gasteiger partial charge < -0.3 is 10.0 Å². The lowest BCUT2D eigenvalue weighted by molar-refractivity contribution is -0.142. The Morgan fingerprint density at radius 3 is 2.80 bits per heavy atom. The van der Waals surface area contributed by atoms with Crippen LogP contribution >= 0.6 is 0 Å². The smallest absolute Gasteiger partial charge is 0.308 e. The van der Waals surface area contributed by atoms with Crippen LogP contribution in [0.5, 0.6) is 0 Å². The highest BCUT2D eigenvalue weighted by molar-refractivity contribution is 5.72. The summed E-state index contributed by atoms with van der Waals surface area (Å²) in [4.78, 5) is 22.4. The van der Waals surface area contributed by atoms with Crippen LogP contribution in [0, 0.1) is 24.7 Å². The number of carboxylic acids is 1. The summed E-state index contributed by atoms with van der Waals surface area (Å²) in [5.74, 6) is 1.67. The molecule has 1 saturated carbocycles. The number of carboxylic acid groups (broad SMARTS) is 1. The monoisotopic (exact) mass is 275 g/mol. The van der Waals surface area contributed by atoms with Gasteiger partial charge in [0.25, 0.3) is 0 Å². The predicted molar refractivity (Wildman–Crippen MR) is 75.7 cm³/mol. The van der Waals surface area contributed by atoms with E-state index in [4.69, 9.17) is 0 Å². The summed E-state index contributed by atoms with van der Waals surface area (Å²) in [6.07, 6.45) is 5.12. The van der Waals surface area contributed by atoms with Crippen LogP contribution in [0.3, 0.4) is 0 Å². The van der Waals surface area contributed by atoms with E-state index in [2.05, 4.69) is 21.8 Å². The first kappa shape index (κ1) is 13.3. The van der Waals surface area contributed by atoms with Gasteiger partial charge in [0.2, 0.25) is 0 Å². The first-order valence-electron chi connectivity index (χ1n) is 7.40. The van der Waals surface area contributed by atoms with Crippen LogP contribution in [0.1, 0.15) is 31.2 Å². The van der Waals surface area contributed by atoms with Crippen molar-refractivity contribution in [2.45, 2.75) is 33.1 Å². The average Bonchev–Trinajstić information content (AvgIpc) is 3.17.